The van der Waals surface area contributed by atoms with Crippen LogP contribution in [-0.4, -0.2) is 48.8 Å². The lowest BCUT2D eigenvalue weighted by molar-refractivity contribution is 0.169. The summed E-state index contributed by atoms with van der Waals surface area (Å²) in [6, 6.07) is 9.94. The molecular weight excluding hydrogens is 376 g/mol. The van der Waals surface area contributed by atoms with Crippen molar-refractivity contribution in [1.82, 2.24) is 14.2 Å². The Balaban J connectivity index is 1.43. The summed E-state index contributed by atoms with van der Waals surface area (Å²) in [5.74, 6) is -1.32. The zero-order valence-corrected chi connectivity index (χ0v) is 15.1. The van der Waals surface area contributed by atoms with Crippen LogP contribution in [0.1, 0.15) is 5.89 Å². The maximum atomic E-state index is 13.9. The third kappa shape index (κ3) is 3.58. The molecule has 9 heteroatoms. The highest BCUT2D eigenvalue weighted by Gasteiger charge is 2.31. The number of piperazine rings is 1. The van der Waals surface area contributed by atoms with Gasteiger partial charge in [0.25, 0.3) is 0 Å². The summed E-state index contributed by atoms with van der Waals surface area (Å²) in [5.41, 5.74) is 1.49. The Kier molecular flexibility index (Phi) is 4.67. The van der Waals surface area contributed by atoms with E-state index >= 15 is 0 Å². The van der Waals surface area contributed by atoms with Gasteiger partial charge < -0.3 is 4.42 Å². The van der Waals surface area contributed by atoms with Crippen LogP contribution in [0.3, 0.4) is 0 Å². The van der Waals surface area contributed by atoms with Crippen LogP contribution >= 0.6 is 0 Å². The first-order chi connectivity index (χ1) is 12.9. The first-order valence-electron chi connectivity index (χ1n) is 8.45. The van der Waals surface area contributed by atoms with E-state index in [4.69, 9.17) is 4.42 Å². The molecule has 6 nitrogen and oxygen atoms in total. The number of hydrogen-bond donors (Lipinski definition) is 0. The van der Waals surface area contributed by atoms with Crippen molar-refractivity contribution in [2.45, 2.75) is 11.4 Å². The number of benzene rings is 2. The van der Waals surface area contributed by atoms with Crippen molar-refractivity contribution in [3.63, 3.8) is 0 Å². The number of oxazole rings is 1. The number of hydrogen-bond acceptors (Lipinski definition) is 5. The van der Waals surface area contributed by atoms with Crippen LogP contribution in [-0.2, 0) is 16.6 Å². The van der Waals surface area contributed by atoms with Crippen LogP contribution in [0, 0.1) is 11.6 Å². The van der Waals surface area contributed by atoms with E-state index in [1.165, 1.54) is 4.31 Å². The Bertz CT molecular complexity index is 1040. The zero-order valence-electron chi connectivity index (χ0n) is 14.3. The van der Waals surface area contributed by atoms with Gasteiger partial charge in [-0.05, 0) is 24.3 Å². The molecule has 0 bridgehead atoms. The number of fused-ring (bicyclic) bond motifs is 1. The molecule has 1 aromatic heterocycles. The van der Waals surface area contributed by atoms with E-state index in [9.17, 15) is 17.2 Å². The summed E-state index contributed by atoms with van der Waals surface area (Å²) in [6.45, 7) is 1.80. The average molecular weight is 393 g/mol. The van der Waals surface area contributed by atoms with Gasteiger partial charge in [-0.15, -0.1) is 0 Å². The number of rotatable bonds is 4. The fraction of sp³-hybridized carbons (Fsp3) is 0.278. The molecule has 3 aromatic rings. The molecule has 4 rings (SSSR count). The molecule has 27 heavy (non-hydrogen) atoms. The van der Waals surface area contributed by atoms with Gasteiger partial charge in [0.15, 0.2) is 5.58 Å². The van der Waals surface area contributed by atoms with Crippen molar-refractivity contribution in [2.75, 3.05) is 26.2 Å². The quantitative estimate of drug-likeness (QED) is 0.682. The van der Waals surface area contributed by atoms with E-state index in [1.54, 1.807) is 0 Å². The monoisotopic (exact) mass is 393 g/mol. The van der Waals surface area contributed by atoms with E-state index < -0.39 is 26.6 Å². The van der Waals surface area contributed by atoms with Gasteiger partial charge in [0, 0.05) is 32.2 Å². The van der Waals surface area contributed by atoms with Gasteiger partial charge in [-0.1, -0.05) is 12.1 Å². The molecule has 142 valence electrons. The van der Waals surface area contributed by atoms with Crippen molar-refractivity contribution >= 4 is 21.1 Å². The highest BCUT2D eigenvalue weighted by atomic mass is 32.2. The minimum atomic E-state index is -4.00. The van der Waals surface area contributed by atoms with Gasteiger partial charge in [-0.25, -0.2) is 22.2 Å². The summed E-state index contributed by atoms with van der Waals surface area (Å²) >= 11 is 0. The topological polar surface area (TPSA) is 66.7 Å². The summed E-state index contributed by atoms with van der Waals surface area (Å²) in [6.07, 6.45) is 0. The van der Waals surface area contributed by atoms with E-state index in [1.807, 2.05) is 29.2 Å². The van der Waals surface area contributed by atoms with Crippen LogP contribution in [0.5, 0.6) is 0 Å². The summed E-state index contributed by atoms with van der Waals surface area (Å²) < 4.78 is 59.1. The minimum Gasteiger partial charge on any atom is -0.439 e. The molecule has 2 aromatic carbocycles. The number of aromatic nitrogens is 1. The second kappa shape index (κ2) is 6.99. The molecule has 0 amide bonds. The smallest absolute Gasteiger partial charge is 0.246 e. The third-order valence-corrected chi connectivity index (χ3v) is 6.47. The van der Waals surface area contributed by atoms with Crippen LogP contribution in [0.15, 0.2) is 51.8 Å². The van der Waals surface area contributed by atoms with Gasteiger partial charge in [0.05, 0.1) is 6.54 Å². The second-order valence-electron chi connectivity index (χ2n) is 6.33. The fourth-order valence-corrected chi connectivity index (χ4v) is 4.60. The Morgan fingerprint density at radius 3 is 2.48 bits per heavy atom. The van der Waals surface area contributed by atoms with E-state index in [0.29, 0.717) is 37.2 Å². The highest BCUT2D eigenvalue weighted by Crippen LogP contribution is 2.22. The lowest BCUT2D eigenvalue weighted by Crippen LogP contribution is -2.48. The largest absolute Gasteiger partial charge is 0.439 e. The molecule has 1 aliphatic rings. The molecule has 0 radical (unpaired) electrons. The predicted molar refractivity (Wildman–Crippen MR) is 94.4 cm³/mol. The van der Waals surface area contributed by atoms with Crippen molar-refractivity contribution in [3.8, 4) is 0 Å². The lowest BCUT2D eigenvalue weighted by atomic mass is 10.3. The van der Waals surface area contributed by atoms with Gasteiger partial charge in [0.1, 0.15) is 22.0 Å². The first-order valence-corrected chi connectivity index (χ1v) is 9.89. The van der Waals surface area contributed by atoms with Crippen molar-refractivity contribution in [3.05, 3.63) is 60.0 Å². The normalized spacial score (nSPS) is 16.8. The standard InChI is InChI=1S/C18H17F2N3O3S/c19-13-5-6-17(14(20)11-13)27(24,25)23-9-7-22(8-10-23)12-18-21-15-3-1-2-4-16(15)26-18/h1-6,11H,7-10,12H2. The van der Waals surface area contributed by atoms with Gasteiger partial charge in [-0.3, -0.25) is 4.90 Å². The molecule has 1 saturated heterocycles. The van der Waals surface area contributed by atoms with Crippen molar-refractivity contribution in [2.24, 2.45) is 0 Å². The van der Waals surface area contributed by atoms with Crippen LogP contribution in [0.2, 0.25) is 0 Å². The molecule has 0 N–H and O–H groups in total. The third-order valence-electron chi connectivity index (χ3n) is 4.54. The van der Waals surface area contributed by atoms with Crippen LogP contribution in [0.25, 0.3) is 11.1 Å². The Labute approximate surface area is 155 Å². The molecule has 2 heterocycles. The Hall–Kier alpha value is -2.36. The molecule has 0 unspecified atom stereocenters. The Morgan fingerprint density at radius 1 is 1.04 bits per heavy atom. The van der Waals surface area contributed by atoms with Crippen LogP contribution in [0.4, 0.5) is 8.78 Å². The molecule has 0 aliphatic carbocycles. The lowest BCUT2D eigenvalue weighted by Gasteiger charge is -2.33. The van der Waals surface area contributed by atoms with E-state index in [-0.39, 0.29) is 13.1 Å². The SMILES string of the molecule is O=S(=O)(c1ccc(F)cc1F)N1CCN(Cc2nc3ccccc3o2)CC1. The summed E-state index contributed by atoms with van der Waals surface area (Å²) in [7, 11) is -4.00. The van der Waals surface area contributed by atoms with Gasteiger partial charge in [-0.2, -0.15) is 4.31 Å². The summed E-state index contributed by atoms with van der Waals surface area (Å²) in [5, 5.41) is 0. The predicted octanol–water partition coefficient (Wildman–Crippen LogP) is 2.61. The van der Waals surface area contributed by atoms with Crippen LogP contribution < -0.4 is 0 Å². The summed E-state index contributed by atoms with van der Waals surface area (Å²) in [4.78, 5) is 5.94. The van der Waals surface area contributed by atoms with Gasteiger partial charge >= 0.3 is 0 Å². The molecular formula is C18H17F2N3O3S. The average Bonchev–Trinajstić information content (AvgIpc) is 3.04. The second-order valence-corrected chi connectivity index (χ2v) is 8.24. The molecule has 0 atom stereocenters. The zero-order chi connectivity index (χ0) is 19.0. The van der Waals surface area contributed by atoms with Crippen molar-refractivity contribution in [1.29, 1.82) is 0 Å². The maximum Gasteiger partial charge on any atom is 0.246 e. The maximum absolute atomic E-state index is 13.9. The molecule has 1 fully saturated rings. The number of sulfonamides is 1. The minimum absolute atomic E-state index is 0.208. The first kappa shape index (κ1) is 18.0. The van der Waals surface area contributed by atoms with Crippen molar-refractivity contribution < 1.29 is 21.6 Å². The van der Waals surface area contributed by atoms with Gasteiger partial charge in [0.2, 0.25) is 15.9 Å². The number of para-hydroxylation sites is 2. The number of nitrogens with zero attached hydrogens (tertiary/aromatic N) is 3. The molecule has 1 aliphatic heterocycles. The van der Waals surface area contributed by atoms with E-state index in [2.05, 4.69) is 4.98 Å². The fourth-order valence-electron chi connectivity index (χ4n) is 3.13. The molecule has 0 saturated carbocycles. The highest BCUT2D eigenvalue weighted by molar-refractivity contribution is 7.89. The number of halogens is 2. The Morgan fingerprint density at radius 2 is 1.78 bits per heavy atom. The van der Waals surface area contributed by atoms with E-state index in [0.717, 1.165) is 17.6 Å². The molecule has 0 spiro atoms.